The first-order valence-corrected chi connectivity index (χ1v) is 10.9. The molecule has 1 nitrogen and oxygen atoms in total. The summed E-state index contributed by atoms with van der Waals surface area (Å²) in [7, 11) is 4.75. The summed E-state index contributed by atoms with van der Waals surface area (Å²) in [5.74, 6) is 1.74. The lowest BCUT2D eigenvalue weighted by Crippen LogP contribution is -3.00. The fraction of sp³-hybridized carbons (Fsp3) is 0.440. The van der Waals surface area contributed by atoms with Crippen molar-refractivity contribution in [3.63, 3.8) is 0 Å². The molecule has 2 aromatic carbocycles. The van der Waals surface area contributed by atoms with Crippen LogP contribution >= 0.6 is 15.9 Å². The van der Waals surface area contributed by atoms with Crippen molar-refractivity contribution < 1.29 is 28.5 Å². The second kappa shape index (κ2) is 8.23. The highest BCUT2D eigenvalue weighted by Gasteiger charge is 2.52. The molecule has 1 fully saturated rings. The van der Waals surface area contributed by atoms with Gasteiger partial charge in [0.05, 0.1) is 14.1 Å². The van der Waals surface area contributed by atoms with Crippen LogP contribution < -0.4 is 24.0 Å². The van der Waals surface area contributed by atoms with Crippen LogP contribution in [0.3, 0.4) is 0 Å². The Morgan fingerprint density at radius 2 is 1.71 bits per heavy atom. The zero-order chi connectivity index (χ0) is 19.2. The zero-order valence-corrected chi connectivity index (χ0v) is 21.1. The van der Waals surface area contributed by atoms with Gasteiger partial charge in [0.15, 0.2) is 0 Å². The molecule has 2 atom stereocenters. The maximum Gasteiger partial charge on any atom is 0.104 e. The van der Waals surface area contributed by atoms with Crippen LogP contribution in [-0.2, 0) is 6.54 Å². The zero-order valence-electron chi connectivity index (χ0n) is 17.4. The first-order chi connectivity index (χ1) is 12.7. The molecule has 0 aliphatic heterocycles. The summed E-state index contributed by atoms with van der Waals surface area (Å²) in [6.45, 7) is 7.19. The van der Waals surface area contributed by atoms with E-state index in [4.69, 9.17) is 0 Å². The van der Waals surface area contributed by atoms with Gasteiger partial charge in [-0.25, -0.2) is 0 Å². The number of rotatable bonds is 5. The van der Waals surface area contributed by atoms with Crippen molar-refractivity contribution >= 4 is 15.9 Å². The first-order valence-electron chi connectivity index (χ1n) is 10.1. The van der Waals surface area contributed by atoms with Crippen LogP contribution in [0.2, 0.25) is 0 Å². The molecule has 1 saturated carbocycles. The summed E-state index contributed by atoms with van der Waals surface area (Å²) in [5.41, 5.74) is 6.19. The lowest BCUT2D eigenvalue weighted by atomic mass is 9.49. The van der Waals surface area contributed by atoms with Crippen molar-refractivity contribution in [2.24, 2.45) is 17.3 Å². The minimum Gasteiger partial charge on any atom is -1.00 e. The van der Waals surface area contributed by atoms with Gasteiger partial charge >= 0.3 is 0 Å². The topological polar surface area (TPSA) is 0 Å². The monoisotopic (exact) mass is 551 g/mol. The summed E-state index contributed by atoms with van der Waals surface area (Å²) >= 11 is 3.57. The third-order valence-electron chi connectivity index (χ3n) is 6.92. The van der Waals surface area contributed by atoms with E-state index in [1.807, 2.05) is 0 Å². The van der Waals surface area contributed by atoms with Gasteiger partial charge in [0, 0.05) is 10.0 Å². The quantitative estimate of drug-likeness (QED) is 0.302. The minimum atomic E-state index is 0. The average Bonchev–Trinajstić information content (AvgIpc) is 2.61. The number of nitrogens with zero attached hydrogens (tertiary/aromatic N) is 1. The fourth-order valence-corrected chi connectivity index (χ4v) is 5.57. The first kappa shape index (κ1) is 22.0. The lowest BCUT2D eigenvalue weighted by Gasteiger charge is -2.57. The Kier molecular flexibility index (Phi) is 6.48. The number of allylic oxidation sites excluding steroid dienone is 1. The Morgan fingerprint density at radius 3 is 2.32 bits per heavy atom. The molecule has 0 aromatic heterocycles. The van der Waals surface area contributed by atoms with Crippen LogP contribution in [0.25, 0.3) is 11.1 Å². The summed E-state index contributed by atoms with van der Waals surface area (Å²) in [6.07, 6.45) is 5.26. The van der Waals surface area contributed by atoms with Crippen molar-refractivity contribution in [2.45, 2.75) is 33.2 Å². The lowest BCUT2D eigenvalue weighted by molar-refractivity contribution is -0.899. The maximum absolute atomic E-state index is 3.57. The summed E-state index contributed by atoms with van der Waals surface area (Å²) in [5, 5.41) is 0. The number of halogens is 2. The number of fused-ring (bicyclic) bond motifs is 1. The molecular weight excluding hydrogens is 521 g/mol. The molecule has 0 N–H and O–H groups in total. The van der Waals surface area contributed by atoms with E-state index in [-0.39, 0.29) is 24.0 Å². The molecule has 0 unspecified atom stereocenters. The second-order valence-electron chi connectivity index (χ2n) is 9.78. The highest BCUT2D eigenvalue weighted by Crippen LogP contribution is 2.59. The van der Waals surface area contributed by atoms with Gasteiger partial charge in [-0.3, -0.25) is 0 Å². The van der Waals surface area contributed by atoms with E-state index in [2.05, 4.69) is 98.5 Å². The molecule has 0 amide bonds. The van der Waals surface area contributed by atoms with Crippen LogP contribution in [0.4, 0.5) is 0 Å². The van der Waals surface area contributed by atoms with E-state index >= 15 is 0 Å². The van der Waals surface area contributed by atoms with E-state index in [9.17, 15) is 0 Å². The van der Waals surface area contributed by atoms with Crippen LogP contribution in [0, 0.1) is 17.3 Å². The van der Waals surface area contributed by atoms with Gasteiger partial charge in [0.2, 0.25) is 0 Å². The molecule has 3 aliphatic carbocycles. The van der Waals surface area contributed by atoms with Gasteiger partial charge < -0.3 is 28.5 Å². The van der Waals surface area contributed by atoms with Gasteiger partial charge in [-0.2, -0.15) is 0 Å². The number of likely N-dealkylation sites (N-methyl/N-ethyl adjacent to an activating group) is 1. The third kappa shape index (κ3) is 4.41. The maximum atomic E-state index is 3.57. The highest BCUT2D eigenvalue weighted by atomic mass is 127. The molecule has 150 valence electrons. The van der Waals surface area contributed by atoms with Crippen molar-refractivity contribution in [1.82, 2.24) is 0 Å². The summed E-state index contributed by atoms with van der Waals surface area (Å²) in [4.78, 5) is 0. The molecule has 28 heavy (non-hydrogen) atoms. The molecule has 0 radical (unpaired) electrons. The molecular formula is C25H31BrIN. The molecule has 0 spiro atoms. The molecule has 0 saturated heterocycles. The highest BCUT2D eigenvalue weighted by molar-refractivity contribution is 9.10. The Balaban J connectivity index is 0.00000225. The van der Waals surface area contributed by atoms with Crippen molar-refractivity contribution in [3.05, 3.63) is 70.2 Å². The van der Waals surface area contributed by atoms with E-state index in [0.29, 0.717) is 5.41 Å². The average molecular weight is 552 g/mol. The van der Waals surface area contributed by atoms with Crippen LogP contribution in [0.5, 0.6) is 0 Å². The van der Waals surface area contributed by atoms with Crippen LogP contribution in [-0.4, -0.2) is 25.1 Å². The van der Waals surface area contributed by atoms with Crippen LogP contribution in [0.15, 0.2) is 64.7 Å². The molecule has 3 heteroatoms. The Labute approximate surface area is 196 Å². The number of hydrogen-bond acceptors (Lipinski definition) is 0. The van der Waals surface area contributed by atoms with Crippen LogP contribution in [0.1, 0.15) is 32.3 Å². The van der Waals surface area contributed by atoms with E-state index in [1.54, 1.807) is 5.57 Å². The second-order valence-corrected chi connectivity index (χ2v) is 10.7. The molecule has 2 aromatic rings. The third-order valence-corrected chi connectivity index (χ3v) is 7.41. The Morgan fingerprint density at radius 1 is 1.00 bits per heavy atom. The largest absolute Gasteiger partial charge is 1.00 e. The van der Waals surface area contributed by atoms with E-state index < -0.39 is 0 Å². The smallest absolute Gasteiger partial charge is 0.104 e. The predicted octanol–water partition coefficient (Wildman–Crippen LogP) is 3.69. The van der Waals surface area contributed by atoms with Crippen molar-refractivity contribution in [1.29, 1.82) is 0 Å². The minimum absolute atomic E-state index is 0. The summed E-state index contributed by atoms with van der Waals surface area (Å²) < 4.78 is 2.16. The number of quaternary nitrogens is 1. The standard InChI is InChI=1S/C25H31BrN.HI/c1-25(2)22-13-12-21(24(25)15-22)17-27(3,4)16-18-8-10-19(11-9-18)20-6-5-7-23(26)14-20;/h5-12,14,22,24H,13,15-17H2,1-4H3;1H/q+1;/p-1/t22-,24-;/m0./s1. The fourth-order valence-electron chi connectivity index (χ4n) is 5.17. The number of hydrogen-bond donors (Lipinski definition) is 0. The molecule has 0 heterocycles. The SMILES string of the molecule is CC1(C)[C@H]2CC=C(C[N+](C)(C)Cc3ccc(-c4cccc(Br)c4)cc3)[C@@H]1C2.[I-]. The van der Waals surface area contributed by atoms with E-state index in [1.165, 1.54) is 36.1 Å². The van der Waals surface area contributed by atoms with Gasteiger partial charge in [-0.1, -0.05) is 72.3 Å². The summed E-state index contributed by atoms with van der Waals surface area (Å²) in [6, 6.07) is 17.6. The molecule has 3 aliphatic rings. The Bertz CT molecular complexity index is 866. The predicted molar refractivity (Wildman–Crippen MR) is 118 cm³/mol. The normalized spacial score (nSPS) is 22.7. The van der Waals surface area contributed by atoms with Crippen molar-refractivity contribution in [3.8, 4) is 11.1 Å². The molecule has 2 bridgehead atoms. The van der Waals surface area contributed by atoms with Gasteiger partial charge in [-0.15, -0.1) is 0 Å². The van der Waals surface area contributed by atoms with Gasteiger partial charge in [0.25, 0.3) is 0 Å². The van der Waals surface area contributed by atoms with E-state index in [0.717, 1.165) is 27.3 Å². The van der Waals surface area contributed by atoms with Gasteiger partial charge in [-0.05, 0) is 58.9 Å². The van der Waals surface area contributed by atoms with Gasteiger partial charge in [0.1, 0.15) is 13.1 Å². The number of benzene rings is 2. The molecule has 5 rings (SSSR count). The van der Waals surface area contributed by atoms with Crippen molar-refractivity contribution in [2.75, 3.05) is 20.6 Å². The Hall–Kier alpha value is -0.650.